The minimum Gasteiger partial charge on any atom is -0.469 e. The smallest absolute Gasteiger partial charge is 0.323 e. The van der Waals surface area contributed by atoms with Gasteiger partial charge in [0.05, 0.1) is 20.1 Å². The number of esters is 2. The molecule has 0 rings (SSSR count). The third kappa shape index (κ3) is 14.8. The summed E-state index contributed by atoms with van der Waals surface area (Å²) in [5, 5.41) is 2.89. The number of rotatable bonds is 19. The van der Waals surface area contributed by atoms with Crippen molar-refractivity contribution in [2.24, 2.45) is 5.92 Å². The monoisotopic (exact) mass is 463 g/mol. The van der Waals surface area contributed by atoms with Crippen LogP contribution in [0.2, 0.25) is 0 Å². The average molecular weight is 464 g/mol. The Bertz CT molecular complexity index is 530. The number of hydrogen-bond donors (Lipinski definition) is 1. The van der Waals surface area contributed by atoms with E-state index in [1.807, 2.05) is 0 Å². The normalized spacial score (nSPS) is 12.8. The maximum Gasteiger partial charge on any atom is 0.323 e. The molecule has 174 valence electrons. The Balaban J connectivity index is 4.09. The highest BCUT2D eigenvalue weighted by Gasteiger charge is 2.23. The molecule has 0 fully saturated rings. The molecule has 2 unspecified atom stereocenters. The summed E-state index contributed by atoms with van der Waals surface area (Å²) in [6.45, 7) is 1.62. The first-order chi connectivity index (χ1) is 14.3. The van der Waals surface area contributed by atoms with Crippen LogP contribution in [0.15, 0.2) is 0 Å². The van der Waals surface area contributed by atoms with E-state index in [-0.39, 0.29) is 29.9 Å². The third-order valence-electron chi connectivity index (χ3n) is 4.66. The number of unbranched alkanes of at least 4 members (excludes halogenated alkanes) is 5. The first kappa shape index (κ1) is 28.9. The van der Waals surface area contributed by atoms with E-state index in [1.54, 1.807) is 14.0 Å². The minimum atomic E-state index is -0.474. The van der Waals surface area contributed by atoms with Crippen molar-refractivity contribution in [1.82, 2.24) is 5.32 Å². The van der Waals surface area contributed by atoms with Crippen LogP contribution in [0.4, 0.5) is 0 Å². The van der Waals surface area contributed by atoms with E-state index in [1.165, 1.54) is 35.8 Å². The first-order valence-electron chi connectivity index (χ1n) is 10.4. The second-order valence-corrected chi connectivity index (χ2v) is 9.77. The Morgan fingerprint density at radius 1 is 0.800 bits per heavy atom. The highest BCUT2D eigenvalue weighted by atomic mass is 33.1. The maximum atomic E-state index is 12.3. The van der Waals surface area contributed by atoms with E-state index in [9.17, 15) is 19.2 Å². The van der Waals surface area contributed by atoms with Crippen LogP contribution in [-0.2, 0) is 28.7 Å². The number of ether oxygens (including phenoxy) is 2. The van der Waals surface area contributed by atoms with Crippen LogP contribution in [0, 0.1) is 5.92 Å². The molecule has 2 atom stereocenters. The molecule has 0 radical (unpaired) electrons. The standard InChI is InChI=1S/C21H37NO6S2/c1-16(23)11-9-7-5-6-8-10-12-18(24)13-17(20(25)27-3)14-29-30-15-19(22-2)21(26)28-4/h17,19,22H,5-15H2,1-4H3. The van der Waals surface area contributed by atoms with Gasteiger partial charge in [-0.05, 0) is 26.8 Å². The van der Waals surface area contributed by atoms with Crippen LogP contribution in [0.1, 0.15) is 64.7 Å². The zero-order valence-corrected chi connectivity index (χ0v) is 20.3. The van der Waals surface area contributed by atoms with Gasteiger partial charge >= 0.3 is 11.9 Å². The summed E-state index contributed by atoms with van der Waals surface area (Å²) < 4.78 is 9.56. The Morgan fingerprint density at radius 2 is 1.33 bits per heavy atom. The fourth-order valence-corrected chi connectivity index (χ4v) is 5.34. The lowest BCUT2D eigenvalue weighted by molar-refractivity contribution is -0.146. The van der Waals surface area contributed by atoms with Gasteiger partial charge in [0, 0.05) is 30.8 Å². The van der Waals surface area contributed by atoms with Gasteiger partial charge in [0.15, 0.2) is 0 Å². The fraction of sp³-hybridized carbons (Fsp3) is 0.810. The van der Waals surface area contributed by atoms with Crippen LogP contribution in [0.25, 0.3) is 0 Å². The molecule has 0 spiro atoms. The Kier molecular flexibility index (Phi) is 18.0. The molecule has 0 amide bonds. The number of hydrogen-bond acceptors (Lipinski definition) is 9. The van der Waals surface area contributed by atoms with Crippen molar-refractivity contribution >= 4 is 45.1 Å². The van der Waals surface area contributed by atoms with Gasteiger partial charge < -0.3 is 19.6 Å². The zero-order chi connectivity index (χ0) is 22.8. The predicted octanol–water partition coefficient (Wildman–Crippen LogP) is 3.59. The Morgan fingerprint density at radius 3 is 1.87 bits per heavy atom. The summed E-state index contributed by atoms with van der Waals surface area (Å²) in [5.74, 6) is 0.0960. The highest BCUT2D eigenvalue weighted by Crippen LogP contribution is 2.27. The lowest BCUT2D eigenvalue weighted by Gasteiger charge is -2.15. The number of Topliss-reactive ketones (excluding diaryl/α,β-unsaturated/α-hetero) is 2. The number of nitrogens with one attached hydrogen (secondary N) is 1. The van der Waals surface area contributed by atoms with Gasteiger partial charge in [-0.15, -0.1) is 0 Å². The number of ketones is 2. The van der Waals surface area contributed by atoms with E-state index in [4.69, 9.17) is 9.47 Å². The predicted molar refractivity (Wildman–Crippen MR) is 123 cm³/mol. The first-order valence-corrected chi connectivity index (χ1v) is 12.9. The molecule has 1 N–H and O–H groups in total. The van der Waals surface area contributed by atoms with E-state index in [0.717, 1.165) is 38.5 Å². The number of methoxy groups -OCH3 is 2. The number of likely N-dealkylation sites (N-methyl/N-ethyl adjacent to an activating group) is 1. The molecule has 0 aliphatic carbocycles. The van der Waals surface area contributed by atoms with Crippen molar-refractivity contribution in [2.75, 3.05) is 32.8 Å². The van der Waals surface area contributed by atoms with Gasteiger partial charge in [0.2, 0.25) is 0 Å². The molecular weight excluding hydrogens is 426 g/mol. The zero-order valence-electron chi connectivity index (χ0n) is 18.7. The highest BCUT2D eigenvalue weighted by molar-refractivity contribution is 8.76. The maximum absolute atomic E-state index is 12.3. The molecule has 0 aromatic carbocycles. The van der Waals surface area contributed by atoms with Gasteiger partial charge in [-0.1, -0.05) is 47.3 Å². The van der Waals surface area contributed by atoms with Crippen LogP contribution in [0.3, 0.4) is 0 Å². The molecule has 0 saturated heterocycles. The molecule has 0 aliphatic heterocycles. The van der Waals surface area contributed by atoms with E-state index >= 15 is 0 Å². The summed E-state index contributed by atoms with van der Waals surface area (Å²) in [4.78, 5) is 46.7. The molecule has 0 aromatic heterocycles. The fourth-order valence-electron chi connectivity index (χ4n) is 2.81. The number of carbonyl (C=O) groups excluding carboxylic acids is 4. The van der Waals surface area contributed by atoms with E-state index in [0.29, 0.717) is 24.3 Å². The minimum absolute atomic E-state index is 0.0789. The van der Waals surface area contributed by atoms with Crippen molar-refractivity contribution in [3.63, 3.8) is 0 Å². The average Bonchev–Trinajstić information content (AvgIpc) is 2.73. The quantitative estimate of drug-likeness (QED) is 0.175. The molecular formula is C21H37NO6S2. The van der Waals surface area contributed by atoms with Crippen LogP contribution in [-0.4, -0.2) is 62.3 Å². The van der Waals surface area contributed by atoms with Crippen LogP contribution >= 0.6 is 21.6 Å². The Labute approximate surface area is 188 Å². The van der Waals surface area contributed by atoms with Crippen molar-refractivity contribution in [3.8, 4) is 0 Å². The van der Waals surface area contributed by atoms with Crippen molar-refractivity contribution in [2.45, 2.75) is 70.8 Å². The lowest BCUT2D eigenvalue weighted by Crippen LogP contribution is -2.37. The van der Waals surface area contributed by atoms with Crippen molar-refractivity contribution in [1.29, 1.82) is 0 Å². The molecule has 0 aliphatic rings. The van der Waals surface area contributed by atoms with Gasteiger partial charge in [-0.2, -0.15) is 0 Å². The van der Waals surface area contributed by atoms with Crippen molar-refractivity contribution in [3.05, 3.63) is 0 Å². The number of carbonyl (C=O) groups is 4. The SMILES string of the molecule is CNC(CSSCC(CC(=O)CCCCCCCCC(C)=O)C(=O)OC)C(=O)OC. The lowest BCUT2D eigenvalue weighted by atomic mass is 10.00. The van der Waals surface area contributed by atoms with Crippen LogP contribution < -0.4 is 5.32 Å². The molecule has 7 nitrogen and oxygen atoms in total. The third-order valence-corrected chi connectivity index (χ3v) is 7.16. The van der Waals surface area contributed by atoms with Crippen molar-refractivity contribution < 1.29 is 28.7 Å². The molecule has 0 aromatic rings. The van der Waals surface area contributed by atoms with E-state index in [2.05, 4.69) is 5.32 Å². The molecule has 0 heterocycles. The van der Waals surface area contributed by atoms with Gasteiger partial charge in [0.1, 0.15) is 17.6 Å². The topological polar surface area (TPSA) is 98.8 Å². The summed E-state index contributed by atoms with van der Waals surface area (Å²) in [7, 11) is 7.28. The van der Waals surface area contributed by atoms with Gasteiger partial charge in [-0.3, -0.25) is 14.4 Å². The molecule has 0 saturated carbocycles. The molecule has 9 heteroatoms. The second-order valence-electron chi connectivity index (χ2n) is 7.22. The summed E-state index contributed by atoms with van der Waals surface area (Å²) in [6.07, 6.45) is 7.26. The van der Waals surface area contributed by atoms with Crippen LogP contribution in [0.5, 0.6) is 0 Å². The molecule has 30 heavy (non-hydrogen) atoms. The summed E-state index contributed by atoms with van der Waals surface area (Å²) in [6, 6.07) is -0.409. The van der Waals surface area contributed by atoms with Gasteiger partial charge in [0.25, 0.3) is 0 Å². The Hall–Kier alpha value is -1.06. The largest absolute Gasteiger partial charge is 0.469 e. The molecule has 0 bridgehead atoms. The van der Waals surface area contributed by atoms with E-state index < -0.39 is 12.0 Å². The summed E-state index contributed by atoms with van der Waals surface area (Å²) >= 11 is 0. The summed E-state index contributed by atoms with van der Waals surface area (Å²) in [5.41, 5.74) is 0. The second kappa shape index (κ2) is 18.7. The van der Waals surface area contributed by atoms with Gasteiger partial charge in [-0.25, -0.2) is 0 Å².